The van der Waals surface area contributed by atoms with Crippen molar-refractivity contribution < 1.29 is 4.42 Å². The molecule has 3 aromatic rings. The third-order valence-corrected chi connectivity index (χ3v) is 2.73. The molecule has 18 heavy (non-hydrogen) atoms. The fraction of sp³-hybridized carbons (Fsp3) is 0.0714. The molecule has 0 bridgehead atoms. The molecule has 1 heterocycles. The Labute approximate surface area is 104 Å². The summed E-state index contributed by atoms with van der Waals surface area (Å²) >= 11 is 0. The SMILES string of the molecule is NCc1ccc(Nc2nc3ccccc3o2)cc1. The number of para-hydroxylation sites is 2. The van der Waals surface area contributed by atoms with Crippen LogP contribution in [0.4, 0.5) is 11.7 Å². The molecule has 0 saturated heterocycles. The maximum absolute atomic E-state index is 5.58. The van der Waals surface area contributed by atoms with E-state index in [9.17, 15) is 0 Å². The van der Waals surface area contributed by atoms with E-state index >= 15 is 0 Å². The molecule has 90 valence electrons. The minimum absolute atomic E-state index is 0.497. The Morgan fingerprint density at radius 3 is 2.56 bits per heavy atom. The van der Waals surface area contributed by atoms with Gasteiger partial charge in [-0.25, -0.2) is 0 Å². The molecule has 0 radical (unpaired) electrons. The predicted octanol–water partition coefficient (Wildman–Crippen LogP) is 3.03. The second-order valence-electron chi connectivity index (χ2n) is 4.01. The Bertz CT molecular complexity index is 625. The van der Waals surface area contributed by atoms with Gasteiger partial charge in [-0.15, -0.1) is 0 Å². The molecule has 0 spiro atoms. The maximum Gasteiger partial charge on any atom is 0.300 e. The van der Waals surface area contributed by atoms with Crippen LogP contribution in [0.3, 0.4) is 0 Å². The first-order chi connectivity index (χ1) is 8.85. The monoisotopic (exact) mass is 239 g/mol. The molecule has 0 aliphatic carbocycles. The normalized spacial score (nSPS) is 10.7. The predicted molar refractivity (Wildman–Crippen MR) is 71.6 cm³/mol. The van der Waals surface area contributed by atoms with Gasteiger partial charge in [-0.05, 0) is 29.8 Å². The standard InChI is InChI=1S/C14H13N3O/c15-9-10-5-7-11(8-6-10)16-14-17-12-3-1-2-4-13(12)18-14/h1-8H,9,15H2,(H,16,17). The van der Waals surface area contributed by atoms with Crippen molar-refractivity contribution in [2.75, 3.05) is 5.32 Å². The van der Waals surface area contributed by atoms with Crippen LogP contribution in [0.5, 0.6) is 0 Å². The highest BCUT2D eigenvalue weighted by Crippen LogP contribution is 2.21. The van der Waals surface area contributed by atoms with E-state index in [0.29, 0.717) is 12.6 Å². The highest BCUT2D eigenvalue weighted by atomic mass is 16.4. The lowest BCUT2D eigenvalue weighted by Gasteiger charge is -2.02. The third kappa shape index (κ3) is 2.06. The molecule has 1 aromatic heterocycles. The number of nitrogens with one attached hydrogen (secondary N) is 1. The van der Waals surface area contributed by atoms with Gasteiger partial charge in [0.25, 0.3) is 6.01 Å². The van der Waals surface area contributed by atoms with Crippen LogP contribution in [-0.4, -0.2) is 4.98 Å². The Morgan fingerprint density at radius 2 is 1.83 bits per heavy atom. The lowest BCUT2D eigenvalue weighted by atomic mass is 10.2. The van der Waals surface area contributed by atoms with Gasteiger partial charge < -0.3 is 15.5 Å². The van der Waals surface area contributed by atoms with Crippen LogP contribution in [0.25, 0.3) is 11.1 Å². The molecule has 0 saturated carbocycles. The van der Waals surface area contributed by atoms with Gasteiger partial charge in [-0.2, -0.15) is 4.98 Å². The highest BCUT2D eigenvalue weighted by Gasteiger charge is 2.04. The summed E-state index contributed by atoms with van der Waals surface area (Å²) in [5.74, 6) is 0. The van der Waals surface area contributed by atoms with E-state index in [2.05, 4.69) is 10.3 Å². The summed E-state index contributed by atoms with van der Waals surface area (Å²) in [5, 5.41) is 3.13. The van der Waals surface area contributed by atoms with E-state index in [-0.39, 0.29) is 0 Å². The summed E-state index contributed by atoms with van der Waals surface area (Å²) in [4.78, 5) is 4.35. The molecule has 0 atom stereocenters. The third-order valence-electron chi connectivity index (χ3n) is 2.73. The van der Waals surface area contributed by atoms with Crippen molar-refractivity contribution in [2.45, 2.75) is 6.54 Å². The smallest absolute Gasteiger partial charge is 0.300 e. The molecule has 3 N–H and O–H groups in total. The van der Waals surface area contributed by atoms with Gasteiger partial charge in [0.15, 0.2) is 5.58 Å². The molecular formula is C14H13N3O. The summed E-state index contributed by atoms with van der Waals surface area (Å²) in [5.41, 5.74) is 9.20. The molecule has 4 heteroatoms. The molecule has 3 rings (SSSR count). The van der Waals surface area contributed by atoms with Crippen molar-refractivity contribution in [3.8, 4) is 0 Å². The van der Waals surface area contributed by atoms with Crippen molar-refractivity contribution in [2.24, 2.45) is 5.73 Å². The number of hydrogen-bond acceptors (Lipinski definition) is 4. The molecule has 0 unspecified atom stereocenters. The number of nitrogens with zero attached hydrogens (tertiary/aromatic N) is 1. The van der Waals surface area contributed by atoms with Crippen molar-refractivity contribution >= 4 is 22.8 Å². The Kier molecular flexibility index (Phi) is 2.70. The zero-order valence-corrected chi connectivity index (χ0v) is 9.76. The fourth-order valence-electron chi connectivity index (χ4n) is 1.77. The zero-order valence-electron chi connectivity index (χ0n) is 9.76. The fourth-order valence-corrected chi connectivity index (χ4v) is 1.77. The van der Waals surface area contributed by atoms with Crippen LogP contribution in [0.2, 0.25) is 0 Å². The average Bonchev–Trinajstić information content (AvgIpc) is 2.82. The number of aromatic nitrogens is 1. The van der Waals surface area contributed by atoms with E-state index in [1.54, 1.807) is 0 Å². The molecule has 0 fully saturated rings. The molecular weight excluding hydrogens is 226 g/mol. The van der Waals surface area contributed by atoms with Gasteiger partial charge in [0, 0.05) is 12.2 Å². The second kappa shape index (κ2) is 4.50. The first-order valence-corrected chi connectivity index (χ1v) is 5.77. The summed E-state index contributed by atoms with van der Waals surface area (Å²) in [6.07, 6.45) is 0. The number of oxazole rings is 1. The quantitative estimate of drug-likeness (QED) is 0.737. The number of fused-ring (bicyclic) bond motifs is 1. The molecule has 2 aromatic carbocycles. The van der Waals surface area contributed by atoms with E-state index in [0.717, 1.165) is 22.4 Å². The Morgan fingerprint density at radius 1 is 1.06 bits per heavy atom. The van der Waals surface area contributed by atoms with Crippen LogP contribution in [0.15, 0.2) is 52.9 Å². The van der Waals surface area contributed by atoms with Gasteiger partial charge in [0.05, 0.1) is 0 Å². The number of nitrogens with two attached hydrogens (primary N) is 1. The maximum atomic E-state index is 5.58. The van der Waals surface area contributed by atoms with E-state index in [1.807, 2.05) is 48.5 Å². The Balaban J connectivity index is 1.86. The van der Waals surface area contributed by atoms with Gasteiger partial charge in [0.2, 0.25) is 0 Å². The number of rotatable bonds is 3. The highest BCUT2D eigenvalue weighted by molar-refractivity contribution is 5.75. The second-order valence-corrected chi connectivity index (χ2v) is 4.01. The summed E-state index contributed by atoms with van der Waals surface area (Å²) < 4.78 is 5.58. The lowest BCUT2D eigenvalue weighted by molar-refractivity contribution is 0.623. The average molecular weight is 239 g/mol. The van der Waals surface area contributed by atoms with Gasteiger partial charge in [-0.1, -0.05) is 24.3 Å². The van der Waals surface area contributed by atoms with Crippen LogP contribution >= 0.6 is 0 Å². The molecule has 0 aliphatic heterocycles. The van der Waals surface area contributed by atoms with Crippen LogP contribution in [0.1, 0.15) is 5.56 Å². The zero-order chi connectivity index (χ0) is 12.4. The van der Waals surface area contributed by atoms with Crippen LogP contribution in [-0.2, 0) is 6.54 Å². The topological polar surface area (TPSA) is 64.1 Å². The van der Waals surface area contributed by atoms with Crippen molar-refractivity contribution in [1.82, 2.24) is 4.98 Å². The number of benzene rings is 2. The van der Waals surface area contributed by atoms with Crippen molar-refractivity contribution in [3.05, 3.63) is 54.1 Å². The van der Waals surface area contributed by atoms with Crippen molar-refractivity contribution in [3.63, 3.8) is 0 Å². The minimum Gasteiger partial charge on any atom is -0.423 e. The lowest BCUT2D eigenvalue weighted by Crippen LogP contribution is -1.96. The summed E-state index contributed by atoms with van der Waals surface area (Å²) in [6.45, 7) is 0.545. The Hall–Kier alpha value is -2.33. The largest absolute Gasteiger partial charge is 0.423 e. The molecule has 0 aliphatic rings. The first kappa shape index (κ1) is 10.8. The van der Waals surface area contributed by atoms with Gasteiger partial charge >= 0.3 is 0 Å². The van der Waals surface area contributed by atoms with Crippen molar-refractivity contribution in [1.29, 1.82) is 0 Å². The van der Waals surface area contributed by atoms with E-state index in [4.69, 9.17) is 10.2 Å². The number of hydrogen-bond donors (Lipinski definition) is 2. The van der Waals surface area contributed by atoms with Gasteiger partial charge in [0.1, 0.15) is 5.52 Å². The van der Waals surface area contributed by atoms with Gasteiger partial charge in [-0.3, -0.25) is 0 Å². The molecule has 0 amide bonds. The molecule has 4 nitrogen and oxygen atoms in total. The summed E-state index contributed by atoms with van der Waals surface area (Å²) in [6, 6.07) is 16.0. The minimum atomic E-state index is 0.497. The van der Waals surface area contributed by atoms with Crippen LogP contribution < -0.4 is 11.1 Å². The first-order valence-electron chi connectivity index (χ1n) is 5.77. The van der Waals surface area contributed by atoms with Crippen LogP contribution in [0, 0.1) is 0 Å². The van der Waals surface area contributed by atoms with E-state index < -0.39 is 0 Å². The summed E-state index contributed by atoms with van der Waals surface area (Å²) in [7, 11) is 0. The van der Waals surface area contributed by atoms with E-state index in [1.165, 1.54) is 0 Å². The number of anilines is 2.